The van der Waals surface area contributed by atoms with E-state index in [1.165, 1.54) is 11.9 Å². The highest BCUT2D eigenvalue weighted by Gasteiger charge is 2.36. The van der Waals surface area contributed by atoms with Crippen molar-refractivity contribution >= 4 is 45.3 Å². The van der Waals surface area contributed by atoms with Crippen LogP contribution in [0.4, 0.5) is 10.1 Å². The van der Waals surface area contributed by atoms with Crippen molar-refractivity contribution in [3.8, 4) is 11.3 Å². The number of primary amides is 1. The second-order valence-electron chi connectivity index (χ2n) is 15.0. The molecule has 0 unspecified atom stereocenters. The molecule has 3 aromatic heterocycles. The smallest absolute Gasteiger partial charge is 0.290 e. The highest BCUT2D eigenvalue weighted by molar-refractivity contribution is 6.12. The van der Waals surface area contributed by atoms with Gasteiger partial charge < -0.3 is 20.1 Å². The van der Waals surface area contributed by atoms with Crippen molar-refractivity contribution in [2.75, 3.05) is 31.1 Å². The molecular weight excluding hydrogens is 702 g/mol. The zero-order chi connectivity index (χ0) is 38.0. The minimum atomic E-state index is -0.796. The lowest BCUT2D eigenvalue weighted by atomic mass is 9.74. The number of rotatable bonds is 8. The zero-order valence-corrected chi connectivity index (χ0v) is 30.5. The number of hydrogen-bond donors (Lipinski definition) is 3. The van der Waals surface area contributed by atoms with Crippen LogP contribution in [0.1, 0.15) is 89.1 Å². The Bertz CT molecular complexity index is 2480. The van der Waals surface area contributed by atoms with Crippen LogP contribution in [0.25, 0.3) is 33.2 Å². The van der Waals surface area contributed by atoms with Gasteiger partial charge in [0.05, 0.1) is 22.9 Å². The van der Waals surface area contributed by atoms with E-state index in [2.05, 4.69) is 82.7 Å². The molecule has 0 bridgehead atoms. The molecule has 9 rings (SSSR count). The van der Waals surface area contributed by atoms with Crippen molar-refractivity contribution in [1.29, 1.82) is 0 Å². The van der Waals surface area contributed by atoms with Gasteiger partial charge >= 0.3 is 0 Å². The molecule has 2 atom stereocenters. The Morgan fingerprint density at radius 2 is 1.76 bits per heavy atom. The summed E-state index contributed by atoms with van der Waals surface area (Å²) in [6.07, 6.45) is 4.65. The molecule has 2 aliphatic heterocycles. The van der Waals surface area contributed by atoms with E-state index in [0.29, 0.717) is 52.8 Å². The summed E-state index contributed by atoms with van der Waals surface area (Å²) in [6, 6.07) is 18.8. The van der Waals surface area contributed by atoms with Gasteiger partial charge in [-0.3, -0.25) is 24.6 Å². The zero-order valence-electron chi connectivity index (χ0n) is 30.5. The molecule has 3 aromatic carbocycles. The topological polar surface area (TPSA) is 176 Å². The number of amides is 3. The molecule has 1 aliphatic carbocycles. The van der Waals surface area contributed by atoms with Crippen LogP contribution in [0, 0.1) is 12.7 Å². The van der Waals surface area contributed by atoms with Gasteiger partial charge in [0.2, 0.25) is 17.7 Å². The molecule has 5 heterocycles. The van der Waals surface area contributed by atoms with Crippen molar-refractivity contribution in [3.05, 3.63) is 101 Å². The predicted octanol–water partition coefficient (Wildman–Crippen LogP) is 5.45. The number of anilines is 1. The van der Waals surface area contributed by atoms with Crippen LogP contribution in [-0.4, -0.2) is 79.9 Å². The molecule has 280 valence electrons. The molecule has 3 amide bonds. The summed E-state index contributed by atoms with van der Waals surface area (Å²) < 4.78 is 21.4. The van der Waals surface area contributed by atoms with Gasteiger partial charge in [-0.2, -0.15) is 4.98 Å². The molecule has 13 nitrogen and oxygen atoms in total. The van der Waals surface area contributed by atoms with Gasteiger partial charge in [0.25, 0.3) is 11.7 Å². The first kappa shape index (κ1) is 34.7. The van der Waals surface area contributed by atoms with Gasteiger partial charge in [-0.1, -0.05) is 41.6 Å². The van der Waals surface area contributed by atoms with E-state index in [-0.39, 0.29) is 29.4 Å². The molecule has 4 N–H and O–H groups in total. The number of nitrogens with one attached hydrogen (secondary N) is 2. The van der Waals surface area contributed by atoms with E-state index in [1.54, 1.807) is 19.9 Å². The second kappa shape index (κ2) is 13.7. The van der Waals surface area contributed by atoms with Crippen molar-refractivity contribution in [2.45, 2.75) is 63.3 Å². The first-order valence-electron chi connectivity index (χ1n) is 18.7. The largest absolute Gasteiger partial charge is 0.369 e. The number of nitrogens with zero attached hydrogens (tertiary/aromatic N) is 6. The fourth-order valence-electron chi connectivity index (χ4n) is 8.63. The first-order chi connectivity index (χ1) is 26.6. The standard InChI is InChI=1S/C41H40FN9O4/c1-21-28(22(2)41-48-39(37(43)53)49-55-41)9-10-31(35(21)42)36-34-30-8-7-26(19-32(30)46-38(34)45-20-44-36)50-13-15-51(16-14-50)27-17-25(18-27)23-3-5-24(6-4-23)29-11-12-33(52)47-40(29)54/h3-10,19-20,22,25,27,29H,11-18H2,1-2H3,(H2,43,53)(H,44,45,46)(H,47,52,54)/t22-,25?,27?,29+/m1/s1. The number of aromatic nitrogens is 5. The number of imide groups is 1. The Hall–Kier alpha value is -6.02. The number of fused-ring (bicyclic) bond motifs is 3. The number of carbonyl (C=O) groups excluding carboxylic acids is 3. The van der Waals surface area contributed by atoms with Gasteiger partial charge in [-0.15, -0.1) is 0 Å². The molecule has 3 aliphatic rings. The Kier molecular flexibility index (Phi) is 8.64. The third kappa shape index (κ3) is 6.19. The number of piperidine rings is 1. The van der Waals surface area contributed by atoms with E-state index in [0.717, 1.165) is 66.6 Å². The highest BCUT2D eigenvalue weighted by atomic mass is 19.1. The number of aromatic amines is 1. The highest BCUT2D eigenvalue weighted by Crippen LogP contribution is 2.42. The van der Waals surface area contributed by atoms with Crippen LogP contribution >= 0.6 is 0 Å². The van der Waals surface area contributed by atoms with E-state index in [1.807, 2.05) is 6.07 Å². The van der Waals surface area contributed by atoms with Crippen LogP contribution in [0.3, 0.4) is 0 Å². The summed E-state index contributed by atoms with van der Waals surface area (Å²) in [4.78, 5) is 56.9. The Labute approximate surface area is 315 Å². The molecule has 2 saturated heterocycles. The normalized spacial score (nSPS) is 21.1. The molecular formula is C41H40FN9O4. The van der Waals surface area contributed by atoms with Gasteiger partial charge in [0.15, 0.2) is 0 Å². The Balaban J connectivity index is 0.864. The van der Waals surface area contributed by atoms with E-state index >= 15 is 4.39 Å². The molecule has 0 spiro atoms. The van der Waals surface area contributed by atoms with E-state index in [9.17, 15) is 14.4 Å². The van der Waals surface area contributed by atoms with Crippen molar-refractivity contribution in [3.63, 3.8) is 0 Å². The lowest BCUT2D eigenvalue weighted by Gasteiger charge is -2.47. The average Bonchev–Trinajstić information content (AvgIpc) is 3.82. The fourth-order valence-corrected chi connectivity index (χ4v) is 8.63. The molecule has 3 fully saturated rings. The number of carbonyl (C=O) groups is 3. The lowest BCUT2D eigenvalue weighted by Crippen LogP contribution is -2.53. The summed E-state index contributed by atoms with van der Waals surface area (Å²) in [5.41, 5.74) is 12.1. The number of nitrogens with two attached hydrogens (primary N) is 1. The van der Waals surface area contributed by atoms with Gasteiger partial charge in [0, 0.05) is 60.8 Å². The maximum atomic E-state index is 16.2. The summed E-state index contributed by atoms with van der Waals surface area (Å²) >= 11 is 0. The Morgan fingerprint density at radius 1 is 1.00 bits per heavy atom. The summed E-state index contributed by atoms with van der Waals surface area (Å²) in [5, 5.41) is 7.75. The van der Waals surface area contributed by atoms with Crippen LogP contribution in [0.2, 0.25) is 0 Å². The number of piperazine rings is 1. The van der Waals surface area contributed by atoms with Crippen molar-refractivity contribution in [2.24, 2.45) is 5.73 Å². The van der Waals surface area contributed by atoms with Crippen LogP contribution in [-0.2, 0) is 9.59 Å². The molecule has 55 heavy (non-hydrogen) atoms. The summed E-state index contributed by atoms with van der Waals surface area (Å²) in [7, 11) is 0. The predicted molar refractivity (Wildman–Crippen MR) is 203 cm³/mol. The lowest BCUT2D eigenvalue weighted by molar-refractivity contribution is -0.134. The minimum Gasteiger partial charge on any atom is -0.369 e. The molecule has 0 radical (unpaired) electrons. The number of hydrogen-bond acceptors (Lipinski definition) is 10. The van der Waals surface area contributed by atoms with Crippen molar-refractivity contribution < 1.29 is 23.3 Å². The SMILES string of the molecule is Cc1c([C@@H](C)c2nc(C(N)=O)no2)ccc(-c2ncnc3[nH]c4cc(N5CCN(C6CC(c7ccc([C@@H]8CCC(=O)NC8=O)cc7)C6)CC5)ccc4c23)c1F. The van der Waals surface area contributed by atoms with Gasteiger partial charge in [-0.25, -0.2) is 14.4 Å². The van der Waals surface area contributed by atoms with Crippen molar-refractivity contribution in [1.82, 2.24) is 35.3 Å². The molecule has 6 aromatic rings. The van der Waals surface area contributed by atoms with Gasteiger partial charge in [-0.05, 0) is 79.5 Å². The third-order valence-corrected chi connectivity index (χ3v) is 11.9. The average molecular weight is 742 g/mol. The first-order valence-corrected chi connectivity index (χ1v) is 18.7. The fraction of sp³-hybridized carbons (Fsp3) is 0.341. The van der Waals surface area contributed by atoms with Crippen LogP contribution in [0.5, 0.6) is 0 Å². The van der Waals surface area contributed by atoms with Crippen LogP contribution < -0.4 is 16.0 Å². The molecule has 1 saturated carbocycles. The maximum absolute atomic E-state index is 16.2. The van der Waals surface area contributed by atoms with Crippen LogP contribution in [0.15, 0.2) is 65.4 Å². The Morgan fingerprint density at radius 3 is 2.49 bits per heavy atom. The number of H-pyrrole nitrogens is 1. The summed E-state index contributed by atoms with van der Waals surface area (Å²) in [6.45, 7) is 7.31. The third-order valence-electron chi connectivity index (χ3n) is 11.9. The quantitative estimate of drug-likeness (QED) is 0.170. The van der Waals surface area contributed by atoms with E-state index in [4.69, 9.17) is 10.3 Å². The number of benzene rings is 3. The molecule has 14 heteroatoms. The minimum absolute atomic E-state index is 0.173. The van der Waals surface area contributed by atoms with Gasteiger partial charge in [0.1, 0.15) is 17.8 Å². The van der Waals surface area contributed by atoms with E-state index < -0.39 is 17.6 Å². The second-order valence-corrected chi connectivity index (χ2v) is 15.0. The summed E-state index contributed by atoms with van der Waals surface area (Å²) in [5.74, 6) is -1.84. The monoisotopic (exact) mass is 741 g/mol. The number of halogens is 1. The maximum Gasteiger partial charge on any atom is 0.290 e.